The van der Waals surface area contributed by atoms with Crippen LogP contribution in [0.5, 0.6) is 0 Å². The maximum atomic E-state index is 11.7. The molecule has 0 aromatic heterocycles. The molecule has 0 aromatic rings. The second kappa shape index (κ2) is 13.9. The molecule has 13 nitrogen and oxygen atoms in total. The number of hydrogen-bond acceptors (Lipinski definition) is 11. The molecule has 1 saturated heterocycles. The number of aliphatic hydroxyl groups is 3. The first-order valence-electron chi connectivity index (χ1n) is 9.02. The van der Waals surface area contributed by atoms with Gasteiger partial charge in [-0.15, -0.1) is 5.06 Å². The molecule has 1 aliphatic heterocycles. The number of aliphatic hydroxyl groups excluding tert-OH is 3. The zero-order valence-corrected chi connectivity index (χ0v) is 15.9. The van der Waals surface area contributed by atoms with Gasteiger partial charge in [-0.2, -0.15) is 0 Å². The van der Waals surface area contributed by atoms with Gasteiger partial charge >= 0.3 is 5.97 Å². The van der Waals surface area contributed by atoms with Crippen LogP contribution in [0.1, 0.15) is 25.7 Å². The molecule has 1 heterocycles. The van der Waals surface area contributed by atoms with Crippen LogP contribution in [0.4, 0.5) is 0 Å². The topological polar surface area (TPSA) is 184 Å². The number of amides is 3. The highest BCUT2D eigenvalue weighted by atomic mass is 16.7. The molecule has 2 atom stereocenters. The fourth-order valence-corrected chi connectivity index (χ4v) is 2.10. The van der Waals surface area contributed by atoms with Gasteiger partial charge in [0.15, 0.2) is 0 Å². The molecule has 0 saturated carbocycles. The van der Waals surface area contributed by atoms with E-state index in [9.17, 15) is 29.4 Å². The van der Waals surface area contributed by atoms with Crippen LogP contribution in [0, 0.1) is 0 Å². The summed E-state index contributed by atoms with van der Waals surface area (Å²) in [6, 6.07) is 0. The van der Waals surface area contributed by atoms with E-state index in [1.165, 1.54) is 0 Å². The normalized spacial score (nSPS) is 16.0. The van der Waals surface area contributed by atoms with Crippen molar-refractivity contribution in [2.45, 2.75) is 38.0 Å². The van der Waals surface area contributed by atoms with Crippen LogP contribution in [0.3, 0.4) is 0 Å². The average molecular weight is 421 g/mol. The minimum absolute atomic E-state index is 0.0123. The van der Waals surface area contributed by atoms with Crippen LogP contribution >= 0.6 is 0 Å². The van der Waals surface area contributed by atoms with Gasteiger partial charge in [0.05, 0.1) is 45.7 Å². The number of nitrogens with zero attached hydrogens (tertiary/aromatic N) is 1. The third-order valence-corrected chi connectivity index (χ3v) is 3.57. The lowest BCUT2D eigenvalue weighted by Gasteiger charge is -2.14. The van der Waals surface area contributed by atoms with E-state index in [1.807, 2.05) is 0 Å². The maximum Gasteiger partial charge on any atom is 0.333 e. The summed E-state index contributed by atoms with van der Waals surface area (Å²) >= 11 is 0. The number of hydrogen-bond donors (Lipinski definition) is 5. The van der Waals surface area contributed by atoms with Crippen LogP contribution in [0.25, 0.3) is 0 Å². The molecule has 0 aromatic carbocycles. The van der Waals surface area contributed by atoms with E-state index in [0.29, 0.717) is 5.06 Å². The summed E-state index contributed by atoms with van der Waals surface area (Å²) in [5, 5.41) is 32.6. The second-order valence-electron chi connectivity index (χ2n) is 6.03. The standard InChI is InChI=1S/C16H27N3O10/c20-10-18-13(23)9-28-6-5-27-8-11(21)7-17-12(22)1-4-16(26)29-19-14(24)2-3-15(19)25/h11,13,18,20-21,23H,1-10H2,(H,17,22). The lowest BCUT2D eigenvalue weighted by atomic mass is 10.3. The first kappa shape index (κ1) is 24.9. The van der Waals surface area contributed by atoms with Gasteiger partial charge in [0.1, 0.15) is 6.23 Å². The van der Waals surface area contributed by atoms with Crippen molar-refractivity contribution in [3.05, 3.63) is 0 Å². The number of carbonyl (C=O) groups is 4. The van der Waals surface area contributed by atoms with Crippen molar-refractivity contribution in [1.29, 1.82) is 0 Å². The van der Waals surface area contributed by atoms with E-state index in [4.69, 9.17) is 14.6 Å². The largest absolute Gasteiger partial charge is 0.389 e. The lowest BCUT2D eigenvalue weighted by molar-refractivity contribution is -0.197. The Morgan fingerprint density at radius 1 is 1.03 bits per heavy atom. The summed E-state index contributed by atoms with van der Waals surface area (Å²) in [6.07, 6.45) is -2.56. The fraction of sp³-hybridized carbons (Fsp3) is 0.750. The van der Waals surface area contributed by atoms with Crippen LogP contribution in [-0.2, 0) is 33.5 Å². The lowest BCUT2D eigenvalue weighted by Crippen LogP contribution is -2.36. The van der Waals surface area contributed by atoms with E-state index in [-0.39, 0.29) is 65.4 Å². The molecule has 5 N–H and O–H groups in total. The number of carbonyl (C=O) groups excluding carboxylic acids is 4. The quantitative estimate of drug-likeness (QED) is 0.102. The Kier molecular flexibility index (Phi) is 11.9. The summed E-state index contributed by atoms with van der Waals surface area (Å²) in [5.41, 5.74) is 0. The van der Waals surface area contributed by atoms with E-state index in [0.717, 1.165) is 0 Å². The Balaban J connectivity index is 2.03. The monoisotopic (exact) mass is 421 g/mol. The highest BCUT2D eigenvalue weighted by Gasteiger charge is 2.32. The minimum atomic E-state index is -0.991. The number of ether oxygens (including phenoxy) is 2. The molecule has 13 heteroatoms. The van der Waals surface area contributed by atoms with Crippen molar-refractivity contribution < 1.29 is 48.8 Å². The van der Waals surface area contributed by atoms with Gasteiger partial charge in [0.25, 0.3) is 11.8 Å². The molecule has 0 spiro atoms. The molecule has 0 aliphatic carbocycles. The van der Waals surface area contributed by atoms with Crippen LogP contribution in [-0.4, -0.2) is 96.1 Å². The molecule has 1 aliphatic rings. The second-order valence-corrected chi connectivity index (χ2v) is 6.03. The number of nitrogens with one attached hydrogen (secondary N) is 2. The Labute approximate surface area is 166 Å². The van der Waals surface area contributed by atoms with E-state index in [1.54, 1.807) is 0 Å². The van der Waals surface area contributed by atoms with E-state index in [2.05, 4.69) is 15.5 Å². The average Bonchev–Trinajstić information content (AvgIpc) is 2.99. The number of rotatable bonds is 15. The molecule has 0 bridgehead atoms. The number of imide groups is 1. The van der Waals surface area contributed by atoms with Gasteiger partial charge in [-0.25, -0.2) is 4.79 Å². The zero-order valence-electron chi connectivity index (χ0n) is 15.9. The number of hydroxylamine groups is 2. The molecule has 2 unspecified atom stereocenters. The van der Waals surface area contributed by atoms with Gasteiger partial charge in [0, 0.05) is 25.8 Å². The predicted molar refractivity (Wildman–Crippen MR) is 93.3 cm³/mol. The Morgan fingerprint density at radius 3 is 2.28 bits per heavy atom. The van der Waals surface area contributed by atoms with E-state index < -0.39 is 36.0 Å². The molecular weight excluding hydrogens is 394 g/mol. The summed E-state index contributed by atoms with van der Waals surface area (Å²) in [7, 11) is 0. The van der Waals surface area contributed by atoms with Crippen molar-refractivity contribution in [3.63, 3.8) is 0 Å². The predicted octanol–water partition coefficient (Wildman–Crippen LogP) is -3.26. The van der Waals surface area contributed by atoms with Gasteiger partial charge in [-0.1, -0.05) is 0 Å². The first-order valence-corrected chi connectivity index (χ1v) is 9.02. The van der Waals surface area contributed by atoms with Crippen LogP contribution in [0.15, 0.2) is 0 Å². The fourth-order valence-electron chi connectivity index (χ4n) is 2.10. The van der Waals surface area contributed by atoms with Gasteiger partial charge < -0.3 is 34.9 Å². The first-order chi connectivity index (χ1) is 13.8. The highest BCUT2D eigenvalue weighted by Crippen LogP contribution is 2.12. The van der Waals surface area contributed by atoms with Gasteiger partial charge in [-0.3, -0.25) is 19.7 Å². The van der Waals surface area contributed by atoms with Crippen LogP contribution < -0.4 is 10.6 Å². The minimum Gasteiger partial charge on any atom is -0.389 e. The molecular formula is C16H27N3O10. The smallest absolute Gasteiger partial charge is 0.333 e. The SMILES string of the molecule is O=C(CCC(=O)ON1C(=O)CCC1=O)NCC(O)COCCOCC(O)NCO. The molecule has 0 radical (unpaired) electrons. The van der Waals surface area contributed by atoms with E-state index >= 15 is 0 Å². The summed E-state index contributed by atoms with van der Waals surface area (Å²) in [4.78, 5) is 50.5. The summed E-state index contributed by atoms with van der Waals surface area (Å²) in [6.45, 7) is -0.272. The van der Waals surface area contributed by atoms with Crippen molar-refractivity contribution in [3.8, 4) is 0 Å². The van der Waals surface area contributed by atoms with Crippen molar-refractivity contribution in [2.24, 2.45) is 0 Å². The zero-order chi connectivity index (χ0) is 21.6. The Bertz CT molecular complexity index is 543. The molecule has 1 fully saturated rings. The third kappa shape index (κ3) is 10.8. The van der Waals surface area contributed by atoms with Gasteiger partial charge in [-0.05, 0) is 0 Å². The van der Waals surface area contributed by atoms with Gasteiger partial charge in [0.2, 0.25) is 5.91 Å². The molecule has 29 heavy (non-hydrogen) atoms. The van der Waals surface area contributed by atoms with Crippen LogP contribution in [0.2, 0.25) is 0 Å². The van der Waals surface area contributed by atoms with Crippen molar-refractivity contribution in [2.75, 3.05) is 39.7 Å². The van der Waals surface area contributed by atoms with Crippen molar-refractivity contribution >= 4 is 23.7 Å². The molecule has 3 amide bonds. The maximum absolute atomic E-state index is 11.7. The Morgan fingerprint density at radius 2 is 1.66 bits per heavy atom. The molecule has 166 valence electrons. The Hall–Kier alpha value is -2.16. The third-order valence-electron chi connectivity index (χ3n) is 3.57. The highest BCUT2D eigenvalue weighted by molar-refractivity contribution is 6.01. The summed E-state index contributed by atoms with van der Waals surface area (Å²) in [5.74, 6) is -2.60. The molecule has 1 rings (SSSR count). The summed E-state index contributed by atoms with van der Waals surface area (Å²) < 4.78 is 10.2. The van der Waals surface area contributed by atoms with Crippen molar-refractivity contribution in [1.82, 2.24) is 15.7 Å².